The topological polar surface area (TPSA) is 128 Å². The Morgan fingerprint density at radius 1 is 1.20 bits per heavy atom. The largest absolute Gasteiger partial charge is 0.478 e. The zero-order chi connectivity index (χ0) is 21.8. The van der Waals surface area contributed by atoms with Crippen molar-refractivity contribution >= 4 is 24.0 Å². The Morgan fingerprint density at radius 3 is 2.63 bits per heavy atom. The maximum atomic E-state index is 8.83. The van der Waals surface area contributed by atoms with Gasteiger partial charge in [0.2, 0.25) is 5.88 Å². The van der Waals surface area contributed by atoms with Gasteiger partial charge in [-0.15, -0.1) is 0 Å². The van der Waals surface area contributed by atoms with E-state index in [1.54, 1.807) is 19.4 Å². The highest BCUT2D eigenvalue weighted by Gasteiger charge is 2.19. The monoisotopic (exact) mass is 418 g/mol. The smallest absolute Gasteiger partial charge is 0.320 e. The number of aliphatic hydroxyl groups excluding tert-OH is 1. The lowest BCUT2D eigenvalue weighted by Crippen LogP contribution is -2.27. The van der Waals surface area contributed by atoms with Gasteiger partial charge in [0.25, 0.3) is 0 Å². The molecule has 0 bridgehead atoms. The molecule has 0 atom stereocenters. The first-order valence-corrected chi connectivity index (χ1v) is 9.82. The van der Waals surface area contributed by atoms with Gasteiger partial charge in [-0.25, -0.2) is 4.98 Å². The number of nitrogens with two attached hydrogens (primary N) is 1. The maximum Gasteiger partial charge on any atom is 0.320 e. The van der Waals surface area contributed by atoms with Gasteiger partial charge in [-0.05, 0) is 18.7 Å². The van der Waals surface area contributed by atoms with Gasteiger partial charge < -0.3 is 30.0 Å². The number of ether oxygens (including phenoxy) is 3. The van der Waals surface area contributed by atoms with E-state index >= 15 is 0 Å². The first kappa shape index (κ1) is 23.3. The van der Waals surface area contributed by atoms with E-state index in [2.05, 4.69) is 33.6 Å². The molecule has 0 aromatic carbocycles. The number of hydrogen-bond acceptors (Lipinski definition) is 10. The second-order valence-corrected chi connectivity index (χ2v) is 6.47. The highest BCUT2D eigenvalue weighted by atomic mass is 16.5. The van der Waals surface area contributed by atoms with Crippen molar-refractivity contribution in [1.29, 1.82) is 0 Å². The van der Waals surface area contributed by atoms with Gasteiger partial charge in [-0.1, -0.05) is 19.4 Å². The molecule has 0 spiro atoms. The van der Waals surface area contributed by atoms with E-state index in [9.17, 15) is 0 Å². The Hall–Kier alpha value is -2.98. The van der Waals surface area contributed by atoms with Gasteiger partial charge in [0.05, 0.1) is 13.2 Å². The number of anilines is 2. The van der Waals surface area contributed by atoms with Gasteiger partial charge in [0.15, 0.2) is 11.6 Å². The van der Waals surface area contributed by atoms with E-state index in [-0.39, 0.29) is 25.2 Å². The van der Waals surface area contributed by atoms with Crippen molar-refractivity contribution < 1.29 is 19.3 Å². The van der Waals surface area contributed by atoms with Crippen molar-refractivity contribution in [2.75, 3.05) is 44.3 Å². The van der Waals surface area contributed by atoms with Crippen molar-refractivity contribution in [1.82, 2.24) is 15.0 Å². The number of unbranched alkanes of at least 4 members (excludes halogenated alkanes) is 1. The normalized spacial score (nSPS) is 10.6. The van der Waals surface area contributed by atoms with Gasteiger partial charge in [0, 0.05) is 38.9 Å². The molecule has 3 N–H and O–H groups in total. The molecule has 0 unspecified atom stereocenters. The zero-order valence-corrected chi connectivity index (χ0v) is 17.6. The van der Waals surface area contributed by atoms with Crippen LogP contribution in [0.2, 0.25) is 0 Å². The van der Waals surface area contributed by atoms with Crippen molar-refractivity contribution in [2.45, 2.75) is 32.7 Å². The molecule has 0 saturated carbocycles. The molecule has 0 fully saturated rings. The number of methoxy groups -OCH3 is 1. The predicted molar refractivity (Wildman–Crippen MR) is 116 cm³/mol. The third kappa shape index (κ3) is 6.82. The fraction of sp³-hybridized carbons (Fsp3) is 0.500. The Labute approximate surface area is 176 Å². The van der Waals surface area contributed by atoms with E-state index in [0.717, 1.165) is 18.4 Å². The standard InChI is InChI=1S/C20H30N6O4/c1-4-5-10-30-20-24-18(21)17(22-2)19(25-20)26(14-28-3)13-15-7-8-16(23-12-15)29-11-6-9-27/h7-8,12,27H,2,4-6,9-11,13-14H2,1,3H3,(H2,21,24,25). The molecule has 10 nitrogen and oxygen atoms in total. The van der Waals surface area contributed by atoms with Gasteiger partial charge in [-0.2, -0.15) is 9.97 Å². The maximum absolute atomic E-state index is 8.83. The van der Waals surface area contributed by atoms with Gasteiger partial charge >= 0.3 is 6.01 Å². The second-order valence-electron chi connectivity index (χ2n) is 6.47. The molecule has 0 aliphatic carbocycles. The number of aliphatic hydroxyl groups is 1. The van der Waals surface area contributed by atoms with Crippen LogP contribution in [0.1, 0.15) is 31.7 Å². The van der Waals surface area contributed by atoms with Crippen LogP contribution in [0.4, 0.5) is 17.3 Å². The second kappa shape index (κ2) is 12.6. The zero-order valence-electron chi connectivity index (χ0n) is 17.6. The Morgan fingerprint density at radius 2 is 2.00 bits per heavy atom. The third-order valence-corrected chi connectivity index (χ3v) is 4.07. The molecule has 10 heteroatoms. The summed E-state index contributed by atoms with van der Waals surface area (Å²) in [5, 5.41) is 8.83. The summed E-state index contributed by atoms with van der Waals surface area (Å²) in [6.45, 7) is 7.33. The Balaban J connectivity index is 2.22. The molecule has 2 aromatic heterocycles. The Kier molecular flexibility index (Phi) is 9.75. The number of rotatable bonds is 14. The van der Waals surface area contributed by atoms with Crippen molar-refractivity contribution in [3.63, 3.8) is 0 Å². The molecule has 0 aliphatic rings. The van der Waals surface area contributed by atoms with Crippen LogP contribution in [0.3, 0.4) is 0 Å². The summed E-state index contributed by atoms with van der Waals surface area (Å²) in [6, 6.07) is 3.86. The minimum atomic E-state index is 0.0793. The van der Waals surface area contributed by atoms with Crippen LogP contribution < -0.4 is 20.1 Å². The molecule has 30 heavy (non-hydrogen) atoms. The van der Waals surface area contributed by atoms with Crippen LogP contribution >= 0.6 is 0 Å². The lowest BCUT2D eigenvalue weighted by atomic mass is 10.2. The third-order valence-electron chi connectivity index (χ3n) is 4.07. The van der Waals surface area contributed by atoms with Crippen LogP contribution in [-0.2, 0) is 11.3 Å². The fourth-order valence-electron chi connectivity index (χ4n) is 2.57. The summed E-state index contributed by atoms with van der Waals surface area (Å²) in [7, 11) is 1.59. The molecule has 2 heterocycles. The van der Waals surface area contributed by atoms with Crippen LogP contribution in [-0.4, -0.2) is 60.4 Å². The average molecular weight is 418 g/mol. The highest BCUT2D eigenvalue weighted by Crippen LogP contribution is 2.33. The van der Waals surface area contributed by atoms with E-state index < -0.39 is 0 Å². The van der Waals surface area contributed by atoms with Crippen LogP contribution in [0.15, 0.2) is 23.3 Å². The lowest BCUT2D eigenvalue weighted by Gasteiger charge is -2.24. The van der Waals surface area contributed by atoms with Crippen LogP contribution in [0, 0.1) is 0 Å². The van der Waals surface area contributed by atoms with E-state index in [1.807, 2.05) is 11.0 Å². The number of aliphatic imine (C=N–C) groups is 1. The summed E-state index contributed by atoms with van der Waals surface area (Å²) < 4.78 is 16.4. The number of nitrogens with zero attached hydrogens (tertiary/aromatic N) is 5. The minimum Gasteiger partial charge on any atom is -0.478 e. The average Bonchev–Trinajstić information content (AvgIpc) is 2.74. The number of hydrogen-bond donors (Lipinski definition) is 2. The summed E-state index contributed by atoms with van der Waals surface area (Å²) in [4.78, 5) is 18.8. The molecule has 2 aromatic rings. The predicted octanol–water partition coefficient (Wildman–Crippen LogP) is 2.34. The Bertz CT molecular complexity index is 788. The number of nitrogen functional groups attached to an aromatic ring is 1. The summed E-state index contributed by atoms with van der Waals surface area (Å²) in [5.41, 5.74) is 7.34. The molecule has 0 saturated heterocycles. The van der Waals surface area contributed by atoms with Crippen molar-refractivity contribution in [2.24, 2.45) is 4.99 Å². The van der Waals surface area contributed by atoms with Crippen LogP contribution in [0.5, 0.6) is 11.9 Å². The highest BCUT2D eigenvalue weighted by molar-refractivity contribution is 5.75. The summed E-state index contributed by atoms with van der Waals surface area (Å²) in [6.07, 6.45) is 4.15. The lowest BCUT2D eigenvalue weighted by molar-refractivity contribution is 0.195. The number of aromatic nitrogens is 3. The fourth-order valence-corrected chi connectivity index (χ4v) is 2.57. The van der Waals surface area contributed by atoms with Crippen molar-refractivity contribution in [3.8, 4) is 11.9 Å². The van der Waals surface area contributed by atoms with E-state index in [1.165, 1.54) is 0 Å². The first-order chi connectivity index (χ1) is 14.6. The van der Waals surface area contributed by atoms with E-state index in [0.29, 0.717) is 43.6 Å². The van der Waals surface area contributed by atoms with Crippen LogP contribution in [0.25, 0.3) is 0 Å². The quantitative estimate of drug-likeness (QED) is 0.270. The molecule has 2 rings (SSSR count). The van der Waals surface area contributed by atoms with E-state index in [4.69, 9.17) is 25.1 Å². The molecular weight excluding hydrogens is 388 g/mol. The first-order valence-electron chi connectivity index (χ1n) is 9.82. The molecule has 0 aliphatic heterocycles. The molecule has 0 radical (unpaired) electrons. The minimum absolute atomic E-state index is 0.0793. The molecular formula is C20H30N6O4. The molecule has 0 amide bonds. The van der Waals surface area contributed by atoms with Gasteiger partial charge in [-0.3, -0.25) is 4.99 Å². The summed E-state index contributed by atoms with van der Waals surface area (Å²) >= 11 is 0. The SMILES string of the molecule is C=Nc1c(N)nc(OCCCC)nc1N(COC)Cc1ccc(OCCCO)nc1. The van der Waals surface area contributed by atoms with Crippen molar-refractivity contribution in [3.05, 3.63) is 23.9 Å². The molecule has 164 valence electrons. The number of pyridine rings is 1. The van der Waals surface area contributed by atoms with Gasteiger partial charge in [0.1, 0.15) is 12.4 Å². The summed E-state index contributed by atoms with van der Waals surface area (Å²) in [5.74, 6) is 1.15.